The molecule has 1 fully saturated rings. The van der Waals surface area contributed by atoms with Crippen molar-refractivity contribution in [3.8, 4) is 5.75 Å². The molecule has 0 heterocycles. The van der Waals surface area contributed by atoms with Gasteiger partial charge in [-0.1, -0.05) is 19.1 Å². The minimum atomic E-state index is -4.63. The second-order valence-electron chi connectivity index (χ2n) is 5.06. The number of hydrogen-bond acceptors (Lipinski definition) is 2. The second kappa shape index (κ2) is 5.41. The van der Waals surface area contributed by atoms with E-state index < -0.39 is 6.36 Å². The third-order valence-corrected chi connectivity index (χ3v) is 3.95. The molecule has 1 saturated carbocycles. The standard InChI is InChI=1S/C14H18F3NO/c1-9-12(6-7-13(9)18-2)10-4-3-5-11(8-10)19-14(15,16)17/h3-5,8-9,12-13,18H,6-7H2,1-2H3. The van der Waals surface area contributed by atoms with Crippen LogP contribution in [-0.4, -0.2) is 19.5 Å². The molecule has 0 radical (unpaired) electrons. The molecule has 1 N–H and O–H groups in total. The van der Waals surface area contributed by atoms with Crippen LogP contribution >= 0.6 is 0 Å². The molecular weight excluding hydrogens is 255 g/mol. The fraction of sp³-hybridized carbons (Fsp3) is 0.571. The Labute approximate surface area is 111 Å². The molecule has 2 nitrogen and oxygen atoms in total. The Hall–Kier alpha value is -1.23. The predicted octanol–water partition coefficient (Wildman–Crippen LogP) is 3.69. The van der Waals surface area contributed by atoms with Crippen molar-refractivity contribution in [1.29, 1.82) is 0 Å². The molecule has 3 unspecified atom stereocenters. The molecule has 1 aliphatic rings. The van der Waals surface area contributed by atoms with Gasteiger partial charge < -0.3 is 10.1 Å². The first-order valence-electron chi connectivity index (χ1n) is 6.43. The molecular formula is C14H18F3NO. The monoisotopic (exact) mass is 273 g/mol. The van der Waals surface area contributed by atoms with Crippen molar-refractivity contribution in [3.05, 3.63) is 29.8 Å². The van der Waals surface area contributed by atoms with E-state index in [9.17, 15) is 13.2 Å². The maximum atomic E-state index is 12.2. The van der Waals surface area contributed by atoms with E-state index in [4.69, 9.17) is 0 Å². The Bertz CT molecular complexity index is 433. The Kier molecular flexibility index (Phi) is 4.04. The summed E-state index contributed by atoms with van der Waals surface area (Å²) in [4.78, 5) is 0. The molecule has 1 aromatic rings. The summed E-state index contributed by atoms with van der Waals surface area (Å²) in [7, 11) is 1.92. The number of hydrogen-bond donors (Lipinski definition) is 1. The van der Waals surface area contributed by atoms with E-state index in [1.807, 2.05) is 13.1 Å². The summed E-state index contributed by atoms with van der Waals surface area (Å²) in [5, 5.41) is 3.26. The van der Waals surface area contributed by atoms with E-state index >= 15 is 0 Å². The highest BCUT2D eigenvalue weighted by atomic mass is 19.4. The fourth-order valence-electron chi connectivity index (χ4n) is 2.99. The van der Waals surface area contributed by atoms with E-state index in [1.165, 1.54) is 12.1 Å². The van der Waals surface area contributed by atoms with Gasteiger partial charge >= 0.3 is 6.36 Å². The Morgan fingerprint density at radius 2 is 2.00 bits per heavy atom. The van der Waals surface area contributed by atoms with Gasteiger partial charge in [0.1, 0.15) is 5.75 Å². The Morgan fingerprint density at radius 3 is 2.58 bits per heavy atom. The lowest BCUT2D eigenvalue weighted by atomic mass is 9.89. The number of halogens is 3. The van der Waals surface area contributed by atoms with E-state index in [1.54, 1.807) is 6.07 Å². The SMILES string of the molecule is CNC1CCC(c2cccc(OC(F)(F)F)c2)C1C. The Balaban J connectivity index is 2.15. The average Bonchev–Trinajstić information content (AvgIpc) is 2.68. The summed E-state index contributed by atoms with van der Waals surface area (Å²) in [5.41, 5.74) is 0.923. The number of nitrogens with one attached hydrogen (secondary N) is 1. The second-order valence-corrected chi connectivity index (χ2v) is 5.06. The van der Waals surface area contributed by atoms with Crippen molar-refractivity contribution in [1.82, 2.24) is 5.32 Å². The number of alkyl halides is 3. The highest BCUT2D eigenvalue weighted by Crippen LogP contribution is 2.40. The van der Waals surface area contributed by atoms with Crippen LogP contribution in [0.1, 0.15) is 31.2 Å². The maximum absolute atomic E-state index is 12.2. The molecule has 1 aliphatic carbocycles. The topological polar surface area (TPSA) is 21.3 Å². The zero-order valence-electron chi connectivity index (χ0n) is 11.0. The van der Waals surface area contributed by atoms with Gasteiger partial charge in [0.25, 0.3) is 0 Å². The fourth-order valence-corrected chi connectivity index (χ4v) is 2.99. The van der Waals surface area contributed by atoms with Crippen LogP contribution in [0.15, 0.2) is 24.3 Å². The van der Waals surface area contributed by atoms with Gasteiger partial charge in [0.15, 0.2) is 0 Å². The lowest BCUT2D eigenvalue weighted by molar-refractivity contribution is -0.274. The number of rotatable bonds is 3. The van der Waals surface area contributed by atoms with Crippen molar-refractivity contribution >= 4 is 0 Å². The molecule has 1 aromatic carbocycles. The van der Waals surface area contributed by atoms with Crippen LogP contribution in [-0.2, 0) is 0 Å². The normalized spacial score (nSPS) is 27.5. The molecule has 0 aliphatic heterocycles. The summed E-state index contributed by atoms with van der Waals surface area (Å²) in [6.45, 7) is 2.14. The van der Waals surface area contributed by atoms with E-state index in [2.05, 4.69) is 17.0 Å². The lowest BCUT2D eigenvalue weighted by Gasteiger charge is -2.21. The molecule has 19 heavy (non-hydrogen) atoms. The molecule has 0 spiro atoms. The van der Waals surface area contributed by atoms with Crippen LogP contribution in [0.3, 0.4) is 0 Å². The molecule has 0 bridgehead atoms. The van der Waals surface area contributed by atoms with Gasteiger partial charge in [-0.3, -0.25) is 0 Å². The quantitative estimate of drug-likeness (QED) is 0.907. The summed E-state index contributed by atoms with van der Waals surface area (Å²) in [6, 6.07) is 6.77. The Morgan fingerprint density at radius 1 is 1.26 bits per heavy atom. The van der Waals surface area contributed by atoms with Gasteiger partial charge in [-0.2, -0.15) is 0 Å². The zero-order valence-corrected chi connectivity index (χ0v) is 11.0. The molecule has 5 heteroatoms. The van der Waals surface area contributed by atoms with Crippen LogP contribution < -0.4 is 10.1 Å². The van der Waals surface area contributed by atoms with Crippen LogP contribution in [0.2, 0.25) is 0 Å². The highest BCUT2D eigenvalue weighted by molar-refractivity contribution is 5.32. The maximum Gasteiger partial charge on any atom is 0.573 e. The van der Waals surface area contributed by atoms with Crippen molar-refractivity contribution in [2.45, 2.75) is 38.1 Å². The molecule has 3 atom stereocenters. The molecule has 106 valence electrons. The van der Waals surface area contributed by atoms with E-state index in [0.29, 0.717) is 12.0 Å². The van der Waals surface area contributed by atoms with Crippen molar-refractivity contribution in [2.24, 2.45) is 5.92 Å². The van der Waals surface area contributed by atoms with E-state index in [0.717, 1.165) is 18.4 Å². The summed E-state index contributed by atoms with van der Waals surface area (Å²) in [5.74, 6) is 0.561. The lowest BCUT2D eigenvalue weighted by Crippen LogP contribution is -2.28. The number of ether oxygens (including phenoxy) is 1. The van der Waals surface area contributed by atoms with Gasteiger partial charge in [-0.15, -0.1) is 13.2 Å². The van der Waals surface area contributed by atoms with Crippen molar-refractivity contribution < 1.29 is 17.9 Å². The third kappa shape index (κ3) is 3.41. The minimum absolute atomic E-state index is 0.134. The van der Waals surface area contributed by atoms with Gasteiger partial charge in [-0.05, 0) is 49.4 Å². The smallest absolute Gasteiger partial charge is 0.406 e. The summed E-state index contributed by atoms with van der Waals surface area (Å²) in [6.07, 6.45) is -2.59. The minimum Gasteiger partial charge on any atom is -0.406 e. The predicted molar refractivity (Wildman–Crippen MR) is 67.1 cm³/mol. The average molecular weight is 273 g/mol. The van der Waals surface area contributed by atoms with E-state index in [-0.39, 0.29) is 11.7 Å². The first-order valence-corrected chi connectivity index (χ1v) is 6.43. The highest BCUT2D eigenvalue weighted by Gasteiger charge is 2.34. The van der Waals surface area contributed by atoms with Gasteiger partial charge in [0, 0.05) is 6.04 Å². The van der Waals surface area contributed by atoms with Crippen LogP contribution in [0.25, 0.3) is 0 Å². The molecule has 0 saturated heterocycles. The van der Waals surface area contributed by atoms with Gasteiger partial charge in [0.05, 0.1) is 0 Å². The molecule has 0 amide bonds. The van der Waals surface area contributed by atoms with Crippen molar-refractivity contribution in [2.75, 3.05) is 7.05 Å². The van der Waals surface area contributed by atoms with Gasteiger partial charge in [0.2, 0.25) is 0 Å². The van der Waals surface area contributed by atoms with Crippen LogP contribution in [0.4, 0.5) is 13.2 Å². The molecule has 2 rings (SSSR count). The number of benzene rings is 1. The van der Waals surface area contributed by atoms with Crippen LogP contribution in [0, 0.1) is 5.92 Å². The summed E-state index contributed by atoms with van der Waals surface area (Å²) < 4.78 is 40.6. The molecule has 0 aromatic heterocycles. The third-order valence-electron chi connectivity index (χ3n) is 3.95. The first-order chi connectivity index (χ1) is 8.90. The zero-order chi connectivity index (χ0) is 14.0. The van der Waals surface area contributed by atoms with Crippen LogP contribution in [0.5, 0.6) is 5.75 Å². The first kappa shape index (κ1) is 14.2. The van der Waals surface area contributed by atoms with Crippen molar-refractivity contribution in [3.63, 3.8) is 0 Å². The summed E-state index contributed by atoms with van der Waals surface area (Å²) >= 11 is 0. The van der Waals surface area contributed by atoms with Gasteiger partial charge in [-0.25, -0.2) is 0 Å². The largest absolute Gasteiger partial charge is 0.573 e.